The summed E-state index contributed by atoms with van der Waals surface area (Å²) in [5.74, 6) is -0.796. The molecule has 0 N–H and O–H groups in total. The molecule has 0 aliphatic carbocycles. The first-order chi connectivity index (χ1) is 15.3. The van der Waals surface area contributed by atoms with Crippen LogP contribution in [0.1, 0.15) is 17.3 Å². The van der Waals surface area contributed by atoms with E-state index in [1.165, 1.54) is 0 Å². The second-order valence-electron chi connectivity index (χ2n) is 6.66. The Bertz CT molecular complexity index is 1010. The number of hydrogen-bond acceptors (Lipinski definition) is 4. The van der Waals surface area contributed by atoms with Crippen LogP contribution in [0.4, 0.5) is 0 Å². The van der Waals surface area contributed by atoms with Gasteiger partial charge in [-0.05, 0) is 79.7 Å². The average molecular weight is 602 g/mol. The molecule has 0 saturated heterocycles. The van der Waals surface area contributed by atoms with Crippen molar-refractivity contribution < 1.29 is 19.1 Å². The second-order valence-corrected chi connectivity index (χ2v) is 11.4. The Labute approximate surface area is 213 Å². The highest BCUT2D eigenvalue weighted by Crippen LogP contribution is 2.32. The Hall–Kier alpha value is -1.74. The molecule has 32 heavy (non-hydrogen) atoms. The van der Waals surface area contributed by atoms with Crippen LogP contribution in [0.25, 0.3) is 0 Å². The SMILES string of the molecule is CC(I)C(=O)OCCOC(=O)c1ccc([S+](c2ccc(Cl)cc2)c2ccc(Cl)cc2)cc1. The van der Waals surface area contributed by atoms with Gasteiger partial charge in [-0.3, -0.25) is 4.79 Å². The predicted octanol–water partition coefficient (Wildman–Crippen LogP) is 6.61. The molecule has 0 aliphatic rings. The first-order valence-corrected chi connectivity index (χ1v) is 12.9. The topological polar surface area (TPSA) is 52.6 Å². The van der Waals surface area contributed by atoms with E-state index in [1.54, 1.807) is 19.1 Å². The van der Waals surface area contributed by atoms with Gasteiger partial charge in [0.15, 0.2) is 14.7 Å². The molecule has 0 aromatic heterocycles. The first kappa shape index (κ1) is 24.9. The van der Waals surface area contributed by atoms with Crippen LogP contribution in [0.3, 0.4) is 0 Å². The van der Waals surface area contributed by atoms with Crippen molar-refractivity contribution >= 4 is 68.6 Å². The van der Waals surface area contributed by atoms with Gasteiger partial charge in [0, 0.05) is 10.0 Å². The van der Waals surface area contributed by atoms with Gasteiger partial charge in [0.05, 0.1) is 16.5 Å². The zero-order valence-electron chi connectivity index (χ0n) is 17.1. The van der Waals surface area contributed by atoms with E-state index in [4.69, 9.17) is 32.7 Å². The molecular formula is C24H20Cl2IO4S+. The maximum absolute atomic E-state index is 12.3. The summed E-state index contributed by atoms with van der Waals surface area (Å²) in [5, 5.41) is 1.34. The van der Waals surface area contributed by atoms with Crippen molar-refractivity contribution in [3.05, 3.63) is 88.4 Å². The lowest BCUT2D eigenvalue weighted by Crippen LogP contribution is -2.18. The summed E-state index contributed by atoms with van der Waals surface area (Å²) in [7, 11) is -0.397. The molecule has 1 atom stereocenters. The summed E-state index contributed by atoms with van der Waals surface area (Å²) in [6.45, 7) is 1.78. The largest absolute Gasteiger partial charge is 0.461 e. The Morgan fingerprint density at radius 2 is 1.19 bits per heavy atom. The predicted molar refractivity (Wildman–Crippen MR) is 136 cm³/mol. The summed E-state index contributed by atoms with van der Waals surface area (Å²) < 4.78 is 9.98. The van der Waals surface area contributed by atoms with Gasteiger partial charge in [0.2, 0.25) is 0 Å². The first-order valence-electron chi connectivity index (χ1n) is 9.68. The number of alkyl halides is 1. The van der Waals surface area contributed by atoms with Crippen LogP contribution in [0.2, 0.25) is 10.0 Å². The average Bonchev–Trinajstić information content (AvgIpc) is 2.79. The van der Waals surface area contributed by atoms with Crippen LogP contribution in [-0.4, -0.2) is 29.1 Å². The fourth-order valence-corrected chi connectivity index (χ4v) is 5.22. The normalized spacial score (nSPS) is 11.8. The lowest BCUT2D eigenvalue weighted by molar-refractivity contribution is -0.143. The monoisotopic (exact) mass is 601 g/mol. The van der Waals surface area contributed by atoms with Gasteiger partial charge in [-0.25, -0.2) is 4.79 Å². The van der Waals surface area contributed by atoms with Crippen molar-refractivity contribution in [1.29, 1.82) is 0 Å². The van der Waals surface area contributed by atoms with Crippen LogP contribution in [0, 0.1) is 0 Å². The van der Waals surface area contributed by atoms with Crippen molar-refractivity contribution in [2.24, 2.45) is 0 Å². The molecule has 8 heteroatoms. The minimum absolute atomic E-state index is 0.00953. The van der Waals surface area contributed by atoms with Crippen LogP contribution in [-0.2, 0) is 25.2 Å². The van der Waals surface area contributed by atoms with Gasteiger partial charge in [-0.1, -0.05) is 45.8 Å². The molecule has 0 fully saturated rings. The minimum atomic E-state index is -0.465. The molecule has 4 nitrogen and oxygen atoms in total. The third-order valence-electron chi connectivity index (χ3n) is 4.31. The smallest absolute Gasteiger partial charge is 0.338 e. The molecule has 0 radical (unpaired) electrons. The summed E-state index contributed by atoms with van der Waals surface area (Å²) in [6.07, 6.45) is 0. The van der Waals surface area contributed by atoms with Crippen molar-refractivity contribution in [1.82, 2.24) is 0 Å². The lowest BCUT2D eigenvalue weighted by atomic mass is 10.2. The molecule has 0 aliphatic heterocycles. The number of rotatable bonds is 8. The number of ether oxygens (including phenoxy) is 2. The van der Waals surface area contributed by atoms with E-state index in [-0.39, 0.29) is 23.1 Å². The number of benzene rings is 3. The zero-order valence-corrected chi connectivity index (χ0v) is 21.6. The highest BCUT2D eigenvalue weighted by atomic mass is 127. The van der Waals surface area contributed by atoms with E-state index in [2.05, 4.69) is 0 Å². The molecule has 0 heterocycles. The molecular weight excluding hydrogens is 582 g/mol. The zero-order chi connectivity index (χ0) is 23.1. The Morgan fingerprint density at radius 3 is 1.62 bits per heavy atom. The Balaban J connectivity index is 1.74. The van der Waals surface area contributed by atoms with Crippen LogP contribution in [0.15, 0.2) is 87.5 Å². The Morgan fingerprint density at radius 1 is 0.781 bits per heavy atom. The summed E-state index contributed by atoms with van der Waals surface area (Å²) in [4.78, 5) is 27.0. The number of halogens is 3. The standard InChI is InChI=1S/C24H20Cl2IO4S/c1-16(27)23(28)30-14-15-31-24(29)17-2-8-20(9-3-17)32(21-10-4-18(25)5-11-21)22-12-6-19(26)7-13-22/h2-13,16H,14-15H2,1H3/q+1. The van der Waals surface area contributed by atoms with Crippen molar-refractivity contribution in [2.75, 3.05) is 13.2 Å². The van der Waals surface area contributed by atoms with Crippen molar-refractivity contribution in [2.45, 2.75) is 25.5 Å². The quantitative estimate of drug-likeness (QED) is 0.0958. The molecule has 3 rings (SSSR count). The molecule has 0 saturated carbocycles. The molecule has 166 valence electrons. The third kappa shape index (κ3) is 6.88. The highest BCUT2D eigenvalue weighted by molar-refractivity contribution is 14.1. The van der Waals surface area contributed by atoms with E-state index in [0.717, 1.165) is 14.7 Å². The van der Waals surface area contributed by atoms with Gasteiger partial charge in [0.25, 0.3) is 0 Å². The van der Waals surface area contributed by atoms with E-state index >= 15 is 0 Å². The maximum Gasteiger partial charge on any atom is 0.338 e. The molecule has 3 aromatic rings. The Kier molecular flexibility index (Phi) is 9.28. The van der Waals surface area contributed by atoms with Gasteiger partial charge in [-0.15, -0.1) is 0 Å². The lowest BCUT2D eigenvalue weighted by Gasteiger charge is -2.10. The van der Waals surface area contributed by atoms with Gasteiger partial charge in [-0.2, -0.15) is 0 Å². The molecule has 0 spiro atoms. The van der Waals surface area contributed by atoms with Gasteiger partial charge >= 0.3 is 11.9 Å². The summed E-state index contributed by atoms with van der Waals surface area (Å²) >= 11 is 14.1. The maximum atomic E-state index is 12.3. The highest BCUT2D eigenvalue weighted by Gasteiger charge is 2.29. The second kappa shape index (κ2) is 11.9. The molecule has 1 unspecified atom stereocenters. The van der Waals surface area contributed by atoms with Crippen molar-refractivity contribution in [3.63, 3.8) is 0 Å². The van der Waals surface area contributed by atoms with E-state index in [9.17, 15) is 9.59 Å². The number of hydrogen-bond donors (Lipinski definition) is 0. The van der Waals surface area contributed by atoms with Gasteiger partial charge in [0.1, 0.15) is 17.1 Å². The molecule has 0 bridgehead atoms. The fraction of sp³-hybridized carbons (Fsp3) is 0.167. The number of carbonyl (C=O) groups is 2. The number of carbonyl (C=O) groups excluding carboxylic acids is 2. The van der Waals surface area contributed by atoms with Crippen LogP contribution >= 0.6 is 45.8 Å². The minimum Gasteiger partial charge on any atom is -0.461 e. The molecule has 3 aromatic carbocycles. The summed E-state index contributed by atoms with van der Waals surface area (Å²) in [5.41, 5.74) is 0.429. The van der Waals surface area contributed by atoms with Gasteiger partial charge < -0.3 is 9.47 Å². The molecule has 0 amide bonds. The van der Waals surface area contributed by atoms with Crippen LogP contribution in [0.5, 0.6) is 0 Å². The summed E-state index contributed by atoms with van der Waals surface area (Å²) in [6, 6.07) is 22.8. The van der Waals surface area contributed by atoms with Crippen LogP contribution < -0.4 is 0 Å². The van der Waals surface area contributed by atoms with E-state index < -0.39 is 16.9 Å². The third-order valence-corrected chi connectivity index (χ3v) is 7.55. The number of esters is 2. The van der Waals surface area contributed by atoms with E-state index in [0.29, 0.717) is 15.6 Å². The van der Waals surface area contributed by atoms with E-state index in [1.807, 2.05) is 83.3 Å². The van der Waals surface area contributed by atoms with Crippen molar-refractivity contribution in [3.8, 4) is 0 Å². The fourth-order valence-electron chi connectivity index (χ4n) is 2.75.